The molecule has 1 heterocycles. The SMILES string of the molecule is CC(C)C(=P)CC(C)(C)CN1CCOCC1. The summed E-state index contributed by atoms with van der Waals surface area (Å²) in [6.07, 6.45) is 1.15. The molecule has 0 amide bonds. The van der Waals surface area contributed by atoms with Gasteiger partial charge in [0.1, 0.15) is 0 Å². The highest BCUT2D eigenvalue weighted by molar-refractivity contribution is 7.21. The van der Waals surface area contributed by atoms with Crippen LogP contribution < -0.4 is 0 Å². The number of hydrogen-bond donors (Lipinski definition) is 0. The first kappa shape index (κ1) is 14.2. The second-order valence-electron chi connectivity index (χ2n) is 5.91. The second kappa shape index (κ2) is 6.14. The standard InChI is InChI=1S/C13H26NOP/c1-11(2)12(16)9-13(3,4)10-14-5-7-15-8-6-14/h11,16H,5-10H2,1-4H3. The van der Waals surface area contributed by atoms with Crippen molar-refractivity contribution in [2.45, 2.75) is 34.1 Å². The van der Waals surface area contributed by atoms with Crippen molar-refractivity contribution >= 4 is 14.2 Å². The van der Waals surface area contributed by atoms with Crippen LogP contribution in [-0.2, 0) is 4.74 Å². The van der Waals surface area contributed by atoms with Crippen LogP contribution >= 0.6 is 8.86 Å². The summed E-state index contributed by atoms with van der Waals surface area (Å²) < 4.78 is 5.38. The van der Waals surface area contributed by atoms with Crippen LogP contribution in [0, 0.1) is 11.3 Å². The summed E-state index contributed by atoms with van der Waals surface area (Å²) in [4.78, 5) is 2.52. The molecule has 0 aromatic heterocycles. The highest BCUT2D eigenvalue weighted by atomic mass is 31.0. The summed E-state index contributed by atoms with van der Waals surface area (Å²) >= 11 is 0. The summed E-state index contributed by atoms with van der Waals surface area (Å²) in [5, 5.41) is 1.43. The van der Waals surface area contributed by atoms with Crippen LogP contribution in [0.15, 0.2) is 0 Å². The molecular formula is C13H26NOP. The lowest BCUT2D eigenvalue weighted by molar-refractivity contribution is 0.0221. The molecule has 16 heavy (non-hydrogen) atoms. The topological polar surface area (TPSA) is 12.5 Å². The van der Waals surface area contributed by atoms with E-state index in [-0.39, 0.29) is 0 Å². The fraction of sp³-hybridized carbons (Fsp3) is 0.923. The summed E-state index contributed by atoms with van der Waals surface area (Å²) in [5.74, 6) is 0.626. The fourth-order valence-electron chi connectivity index (χ4n) is 2.14. The first-order valence-electron chi connectivity index (χ1n) is 6.28. The van der Waals surface area contributed by atoms with Gasteiger partial charge in [-0.3, -0.25) is 4.90 Å². The molecule has 1 aliphatic heterocycles. The largest absolute Gasteiger partial charge is 0.379 e. The van der Waals surface area contributed by atoms with Gasteiger partial charge in [-0.25, -0.2) is 0 Å². The molecule has 3 heteroatoms. The molecule has 0 radical (unpaired) electrons. The van der Waals surface area contributed by atoms with Crippen LogP contribution in [0.4, 0.5) is 0 Å². The number of hydrogen-bond acceptors (Lipinski definition) is 2. The maximum atomic E-state index is 5.38. The van der Waals surface area contributed by atoms with Gasteiger partial charge in [-0.1, -0.05) is 27.7 Å². The summed E-state index contributed by atoms with van der Waals surface area (Å²) in [5.41, 5.74) is 0.346. The van der Waals surface area contributed by atoms with E-state index >= 15 is 0 Å². The van der Waals surface area contributed by atoms with Crippen molar-refractivity contribution in [2.24, 2.45) is 11.3 Å². The van der Waals surface area contributed by atoms with Crippen LogP contribution in [0.5, 0.6) is 0 Å². The van der Waals surface area contributed by atoms with E-state index in [2.05, 4.69) is 41.5 Å². The molecule has 0 bridgehead atoms. The van der Waals surface area contributed by atoms with Gasteiger partial charge in [-0.2, -0.15) is 0 Å². The van der Waals surface area contributed by atoms with Crippen molar-refractivity contribution in [1.82, 2.24) is 4.90 Å². The van der Waals surface area contributed by atoms with Crippen LogP contribution in [0.25, 0.3) is 0 Å². The maximum absolute atomic E-state index is 5.38. The third kappa shape index (κ3) is 4.95. The van der Waals surface area contributed by atoms with Gasteiger partial charge in [0.05, 0.1) is 13.2 Å². The molecular weight excluding hydrogens is 217 g/mol. The molecule has 0 spiro atoms. The molecule has 2 nitrogen and oxygen atoms in total. The summed E-state index contributed by atoms with van der Waals surface area (Å²) in [6, 6.07) is 0. The minimum absolute atomic E-state index is 0.346. The van der Waals surface area contributed by atoms with Gasteiger partial charge in [0.15, 0.2) is 0 Å². The molecule has 0 atom stereocenters. The Bertz CT molecular complexity index is 232. The average Bonchev–Trinajstić information content (AvgIpc) is 2.17. The Kier molecular flexibility index (Phi) is 5.43. The monoisotopic (exact) mass is 243 g/mol. The molecule has 0 N–H and O–H groups in total. The van der Waals surface area contributed by atoms with E-state index in [4.69, 9.17) is 4.74 Å². The van der Waals surface area contributed by atoms with Crippen molar-refractivity contribution in [1.29, 1.82) is 0 Å². The second-order valence-corrected chi connectivity index (χ2v) is 6.55. The van der Waals surface area contributed by atoms with Crippen LogP contribution in [0.1, 0.15) is 34.1 Å². The number of morpholine rings is 1. The summed E-state index contributed by atoms with van der Waals surface area (Å²) in [7, 11) is 3.77. The Morgan fingerprint density at radius 3 is 2.38 bits per heavy atom. The minimum Gasteiger partial charge on any atom is -0.379 e. The minimum atomic E-state index is 0.346. The van der Waals surface area contributed by atoms with Gasteiger partial charge >= 0.3 is 0 Å². The maximum Gasteiger partial charge on any atom is 0.0594 e. The van der Waals surface area contributed by atoms with Crippen molar-refractivity contribution in [2.75, 3.05) is 32.8 Å². The highest BCUT2D eigenvalue weighted by Gasteiger charge is 2.24. The Morgan fingerprint density at radius 2 is 1.88 bits per heavy atom. The Balaban J connectivity index is 2.40. The molecule has 0 aromatic rings. The molecule has 1 rings (SSSR count). The fourth-order valence-corrected chi connectivity index (χ4v) is 2.62. The Labute approximate surface area is 103 Å². The number of nitrogens with zero attached hydrogens (tertiary/aromatic N) is 1. The number of ether oxygens (including phenoxy) is 1. The number of rotatable bonds is 5. The van der Waals surface area contributed by atoms with Crippen molar-refractivity contribution in [3.05, 3.63) is 0 Å². The lowest BCUT2D eigenvalue weighted by Crippen LogP contribution is -2.42. The molecule has 0 aromatic carbocycles. The van der Waals surface area contributed by atoms with Gasteiger partial charge < -0.3 is 4.74 Å². The van der Waals surface area contributed by atoms with E-state index in [9.17, 15) is 0 Å². The normalized spacial score (nSPS) is 19.1. The predicted octanol–water partition coefficient (Wildman–Crippen LogP) is 2.71. The predicted molar refractivity (Wildman–Crippen MR) is 73.8 cm³/mol. The van der Waals surface area contributed by atoms with Crippen LogP contribution in [0.2, 0.25) is 0 Å². The molecule has 94 valence electrons. The lowest BCUT2D eigenvalue weighted by Gasteiger charge is -2.35. The van der Waals surface area contributed by atoms with Gasteiger partial charge in [0, 0.05) is 19.6 Å². The molecule has 0 aliphatic carbocycles. The van der Waals surface area contributed by atoms with E-state index in [1.165, 1.54) is 5.29 Å². The van der Waals surface area contributed by atoms with Crippen LogP contribution in [-0.4, -0.2) is 43.0 Å². The smallest absolute Gasteiger partial charge is 0.0594 e. The zero-order valence-electron chi connectivity index (χ0n) is 11.2. The Hall–Kier alpha value is 0.0900. The molecule has 1 fully saturated rings. The van der Waals surface area contributed by atoms with E-state index in [0.717, 1.165) is 39.3 Å². The zero-order chi connectivity index (χ0) is 12.2. The third-order valence-corrected chi connectivity index (χ3v) is 3.88. The van der Waals surface area contributed by atoms with E-state index in [1.54, 1.807) is 0 Å². The van der Waals surface area contributed by atoms with Crippen molar-refractivity contribution in [3.63, 3.8) is 0 Å². The van der Waals surface area contributed by atoms with Crippen molar-refractivity contribution < 1.29 is 4.74 Å². The van der Waals surface area contributed by atoms with Crippen LogP contribution in [0.3, 0.4) is 0 Å². The first-order valence-corrected chi connectivity index (χ1v) is 6.78. The van der Waals surface area contributed by atoms with Gasteiger partial charge in [0.25, 0.3) is 0 Å². The first-order chi connectivity index (χ1) is 7.41. The van der Waals surface area contributed by atoms with E-state index < -0.39 is 0 Å². The zero-order valence-corrected chi connectivity index (χ0v) is 12.2. The van der Waals surface area contributed by atoms with Gasteiger partial charge in [-0.05, 0) is 23.0 Å². The molecule has 1 aliphatic rings. The van der Waals surface area contributed by atoms with E-state index in [0.29, 0.717) is 11.3 Å². The molecule has 0 saturated carbocycles. The van der Waals surface area contributed by atoms with Gasteiger partial charge in [-0.15, -0.1) is 8.86 Å². The lowest BCUT2D eigenvalue weighted by atomic mass is 9.84. The quantitative estimate of drug-likeness (QED) is 0.688. The van der Waals surface area contributed by atoms with E-state index in [1.807, 2.05) is 0 Å². The summed E-state index contributed by atoms with van der Waals surface area (Å²) in [6.45, 7) is 14.3. The molecule has 0 unspecified atom stereocenters. The average molecular weight is 243 g/mol. The Morgan fingerprint density at radius 1 is 1.31 bits per heavy atom. The third-order valence-electron chi connectivity index (χ3n) is 3.12. The highest BCUT2D eigenvalue weighted by Crippen LogP contribution is 2.25. The molecule has 1 saturated heterocycles. The van der Waals surface area contributed by atoms with Crippen molar-refractivity contribution in [3.8, 4) is 0 Å². The van der Waals surface area contributed by atoms with Gasteiger partial charge in [0.2, 0.25) is 0 Å².